The van der Waals surface area contributed by atoms with E-state index in [1.54, 1.807) is 0 Å². The highest BCUT2D eigenvalue weighted by Gasteiger charge is 2.18. The molecule has 0 bridgehead atoms. The van der Waals surface area contributed by atoms with Crippen LogP contribution in [0, 0.1) is 0 Å². The van der Waals surface area contributed by atoms with Gasteiger partial charge in [0.1, 0.15) is 22.3 Å². The van der Waals surface area contributed by atoms with Gasteiger partial charge in [0.05, 0.1) is 0 Å². The topological polar surface area (TPSA) is 32.8 Å². The highest BCUT2D eigenvalue weighted by molar-refractivity contribution is 6.18. The maximum Gasteiger partial charge on any atom is 0.136 e. The summed E-state index contributed by atoms with van der Waals surface area (Å²) in [6.45, 7) is 8.94. The molecule has 12 aromatic rings. The van der Waals surface area contributed by atoms with E-state index < -0.39 is 0 Å². The van der Waals surface area contributed by atoms with Crippen LogP contribution in [0.25, 0.3) is 76.2 Å². The lowest BCUT2D eigenvalue weighted by molar-refractivity contribution is 0.669. The SMILES string of the molecule is CC(C)c1ccc(N(c2ccccc2)c2ccc3cc4c(cc3c2)oc2cc3cc5oc6cc7cc(N(c8ccccc8)c8ccc(C(C)C)cc8)ccc7cc6c5cc3cc24)cc1. The van der Waals surface area contributed by atoms with Crippen molar-refractivity contribution in [3.05, 3.63) is 205 Å². The largest absolute Gasteiger partial charge is 0.456 e. The number of benzene rings is 10. The van der Waals surface area contributed by atoms with Gasteiger partial charge in [-0.05, 0) is 177 Å². The van der Waals surface area contributed by atoms with Crippen LogP contribution >= 0.6 is 0 Å². The van der Waals surface area contributed by atoms with Crippen molar-refractivity contribution < 1.29 is 8.83 Å². The second-order valence-corrected chi connectivity index (χ2v) is 17.8. The fourth-order valence-electron chi connectivity index (χ4n) is 9.60. The summed E-state index contributed by atoms with van der Waals surface area (Å²) in [5, 5.41) is 11.3. The van der Waals surface area contributed by atoms with Crippen molar-refractivity contribution in [2.24, 2.45) is 0 Å². The molecule has 0 fully saturated rings. The molecule has 2 heterocycles. The van der Waals surface area contributed by atoms with Crippen LogP contribution < -0.4 is 9.80 Å². The minimum absolute atomic E-state index is 0.475. The number of anilines is 6. The maximum atomic E-state index is 6.66. The molecule has 0 N–H and O–H groups in total. The summed E-state index contributed by atoms with van der Waals surface area (Å²) in [5.41, 5.74) is 12.8. The van der Waals surface area contributed by atoms with Crippen molar-refractivity contribution in [1.29, 1.82) is 0 Å². The Morgan fingerprint density at radius 2 is 0.578 bits per heavy atom. The molecule has 2 aromatic heterocycles. The molecule has 4 heteroatoms. The zero-order chi connectivity index (χ0) is 43.1. The van der Waals surface area contributed by atoms with Crippen LogP contribution in [0.1, 0.15) is 50.7 Å². The summed E-state index contributed by atoms with van der Waals surface area (Å²) in [6, 6.07) is 70.4. The van der Waals surface area contributed by atoms with Crippen LogP contribution in [0.2, 0.25) is 0 Å². The van der Waals surface area contributed by atoms with Gasteiger partial charge in [0.15, 0.2) is 0 Å². The molecule has 64 heavy (non-hydrogen) atoms. The molecule has 4 nitrogen and oxygen atoms in total. The molecule has 0 amide bonds. The fourth-order valence-corrected chi connectivity index (χ4v) is 9.60. The van der Waals surface area contributed by atoms with Crippen molar-refractivity contribution in [2.45, 2.75) is 39.5 Å². The summed E-state index contributed by atoms with van der Waals surface area (Å²) in [6.07, 6.45) is 0. The van der Waals surface area contributed by atoms with Crippen LogP contribution in [0.15, 0.2) is 203 Å². The van der Waals surface area contributed by atoms with E-state index in [4.69, 9.17) is 8.83 Å². The van der Waals surface area contributed by atoms with Gasteiger partial charge in [0.25, 0.3) is 0 Å². The number of para-hydroxylation sites is 2. The second kappa shape index (κ2) is 14.9. The molecule has 0 aliphatic carbocycles. The third-order valence-electron chi connectivity index (χ3n) is 13.1. The molecule has 0 spiro atoms. The molecule has 0 saturated heterocycles. The summed E-state index contributed by atoms with van der Waals surface area (Å²) >= 11 is 0. The van der Waals surface area contributed by atoms with Crippen molar-refractivity contribution in [3.63, 3.8) is 0 Å². The van der Waals surface area contributed by atoms with Gasteiger partial charge in [0, 0.05) is 55.7 Å². The predicted molar refractivity (Wildman–Crippen MR) is 271 cm³/mol. The lowest BCUT2D eigenvalue weighted by Crippen LogP contribution is -2.09. The lowest BCUT2D eigenvalue weighted by Gasteiger charge is -2.26. The molecule has 12 rings (SSSR count). The summed E-state index contributed by atoms with van der Waals surface area (Å²) in [5.74, 6) is 0.949. The number of nitrogens with zero attached hydrogens (tertiary/aromatic N) is 2. The van der Waals surface area contributed by atoms with Crippen molar-refractivity contribution in [1.82, 2.24) is 0 Å². The first-order valence-electron chi connectivity index (χ1n) is 22.4. The highest BCUT2D eigenvalue weighted by atomic mass is 16.3. The summed E-state index contributed by atoms with van der Waals surface area (Å²) < 4.78 is 13.3. The van der Waals surface area contributed by atoms with E-state index in [1.807, 2.05) is 0 Å². The van der Waals surface area contributed by atoms with Crippen LogP contribution in [0.4, 0.5) is 34.1 Å². The first kappa shape index (κ1) is 37.9. The van der Waals surface area contributed by atoms with Gasteiger partial charge in [-0.15, -0.1) is 0 Å². The van der Waals surface area contributed by atoms with E-state index in [2.05, 4.69) is 232 Å². The third-order valence-corrected chi connectivity index (χ3v) is 13.1. The van der Waals surface area contributed by atoms with Gasteiger partial charge < -0.3 is 18.6 Å². The molecule has 0 radical (unpaired) electrons. The van der Waals surface area contributed by atoms with Gasteiger partial charge in [0.2, 0.25) is 0 Å². The number of hydrogen-bond donors (Lipinski definition) is 0. The Bertz CT molecular complexity index is 3470. The van der Waals surface area contributed by atoms with E-state index >= 15 is 0 Å². The minimum atomic E-state index is 0.475. The van der Waals surface area contributed by atoms with E-state index in [1.165, 1.54) is 21.9 Å². The molecule has 308 valence electrons. The molecule has 0 saturated carbocycles. The smallest absolute Gasteiger partial charge is 0.136 e. The first-order chi connectivity index (χ1) is 31.3. The Labute approximate surface area is 372 Å². The van der Waals surface area contributed by atoms with Crippen molar-refractivity contribution in [2.75, 3.05) is 9.80 Å². The monoisotopic (exact) mass is 826 g/mol. The molecule has 0 atom stereocenters. The minimum Gasteiger partial charge on any atom is -0.456 e. The second-order valence-electron chi connectivity index (χ2n) is 17.8. The van der Waals surface area contributed by atoms with Gasteiger partial charge in [-0.1, -0.05) is 100 Å². The molecular formula is C60H46N2O2. The molecule has 0 unspecified atom stereocenters. The molecule has 10 aromatic carbocycles. The summed E-state index contributed by atoms with van der Waals surface area (Å²) in [4.78, 5) is 4.65. The Hall–Kier alpha value is -7.82. The van der Waals surface area contributed by atoms with Crippen LogP contribution in [-0.4, -0.2) is 0 Å². The Balaban J connectivity index is 0.925. The number of rotatable bonds is 8. The van der Waals surface area contributed by atoms with E-state index in [0.717, 1.165) is 99.5 Å². The van der Waals surface area contributed by atoms with Gasteiger partial charge in [-0.25, -0.2) is 0 Å². The normalized spacial score (nSPS) is 12.0. The Morgan fingerprint density at radius 1 is 0.281 bits per heavy atom. The zero-order valence-corrected chi connectivity index (χ0v) is 36.3. The molecule has 0 aliphatic rings. The van der Waals surface area contributed by atoms with Crippen molar-refractivity contribution in [3.8, 4) is 0 Å². The van der Waals surface area contributed by atoms with Crippen LogP contribution in [0.5, 0.6) is 0 Å². The molecular weight excluding hydrogens is 781 g/mol. The Kier molecular flexibility index (Phi) is 8.84. The fraction of sp³-hybridized carbons (Fsp3) is 0.100. The van der Waals surface area contributed by atoms with Gasteiger partial charge in [-0.3, -0.25) is 0 Å². The first-order valence-corrected chi connectivity index (χ1v) is 22.4. The summed E-state index contributed by atoms with van der Waals surface area (Å²) in [7, 11) is 0. The van der Waals surface area contributed by atoms with E-state index in [0.29, 0.717) is 11.8 Å². The van der Waals surface area contributed by atoms with Gasteiger partial charge >= 0.3 is 0 Å². The zero-order valence-electron chi connectivity index (χ0n) is 36.3. The third kappa shape index (κ3) is 6.45. The number of furan rings is 2. The molecule has 0 aliphatic heterocycles. The highest BCUT2D eigenvalue weighted by Crippen LogP contribution is 2.43. The van der Waals surface area contributed by atoms with Crippen LogP contribution in [-0.2, 0) is 0 Å². The van der Waals surface area contributed by atoms with Crippen molar-refractivity contribution >= 4 is 110 Å². The average molecular weight is 827 g/mol. The van der Waals surface area contributed by atoms with E-state index in [9.17, 15) is 0 Å². The standard InChI is InChI=1S/C60H46N2O2/c1-37(2)39-15-21-49(22-16-39)61(47-11-7-5-8-12-47)51-25-19-41-29-53-55-31-45-32-56-54-30-42-20-26-52(62(48-13-9-6-10-14-48)50-23-17-40(18-24-50)38(3)4)28-44(42)34-58(54)64-60(56)36-46(45)35-59(55)63-57(53)33-43(41)27-51/h5-38H,1-4H3. The van der Waals surface area contributed by atoms with Crippen LogP contribution in [0.3, 0.4) is 0 Å². The number of hydrogen-bond acceptors (Lipinski definition) is 4. The quantitative estimate of drug-likeness (QED) is 0.153. The predicted octanol–water partition coefficient (Wildman–Crippen LogP) is 18.1. The maximum absolute atomic E-state index is 6.66. The lowest BCUT2D eigenvalue weighted by atomic mass is 10.0. The van der Waals surface area contributed by atoms with E-state index in [-0.39, 0.29) is 0 Å². The van der Waals surface area contributed by atoms with Gasteiger partial charge in [-0.2, -0.15) is 0 Å². The Morgan fingerprint density at radius 3 is 0.938 bits per heavy atom. The number of fused-ring (bicyclic) bond motifs is 9. The average Bonchev–Trinajstić information content (AvgIpc) is 3.84.